The van der Waals surface area contributed by atoms with Crippen LogP contribution in [0.4, 0.5) is 11.4 Å². The number of carbonyl (C=O) groups is 1. The molecule has 0 radical (unpaired) electrons. The van der Waals surface area contributed by atoms with Crippen molar-refractivity contribution in [1.29, 1.82) is 5.26 Å². The molecule has 190 valence electrons. The van der Waals surface area contributed by atoms with Crippen molar-refractivity contribution in [3.63, 3.8) is 0 Å². The Hall–Kier alpha value is -3.93. The van der Waals surface area contributed by atoms with Gasteiger partial charge in [0.1, 0.15) is 17.9 Å². The number of aromatic nitrogens is 1. The standard InChI is InChI=1S/C29H31N5O3/c1-19(21-5-3-2-4-6-21)33-29-22(16-30)17-32-25-15-27(37-23-9-12-36-18-23)26(14-24(25)29)34-28(35)13-20-7-10-31-11-8-20/h2-6,13-15,17,19,23,31H,7-12,18H2,1H3,(H,32,33)(H,34,35)/t19-,23?/m1/s1. The van der Waals surface area contributed by atoms with E-state index in [9.17, 15) is 10.1 Å². The van der Waals surface area contributed by atoms with Crippen LogP contribution in [0.3, 0.4) is 0 Å². The molecule has 0 spiro atoms. The summed E-state index contributed by atoms with van der Waals surface area (Å²) in [6, 6.07) is 15.9. The topological polar surface area (TPSA) is 108 Å². The second-order valence-electron chi connectivity index (χ2n) is 9.45. The minimum absolute atomic E-state index is 0.0480. The third kappa shape index (κ3) is 5.91. The molecule has 0 bridgehead atoms. The Morgan fingerprint density at radius 1 is 1.27 bits per heavy atom. The van der Waals surface area contributed by atoms with Crippen LogP contribution in [-0.4, -0.2) is 43.3 Å². The van der Waals surface area contributed by atoms with E-state index in [0.29, 0.717) is 41.4 Å². The van der Waals surface area contributed by atoms with Gasteiger partial charge in [-0.1, -0.05) is 35.9 Å². The molecule has 3 heterocycles. The number of rotatable bonds is 7. The number of hydrogen-bond donors (Lipinski definition) is 3. The Balaban J connectivity index is 1.53. The molecule has 1 amide bonds. The molecular formula is C29H31N5O3. The summed E-state index contributed by atoms with van der Waals surface area (Å²) < 4.78 is 11.7. The summed E-state index contributed by atoms with van der Waals surface area (Å²) >= 11 is 0. The zero-order valence-electron chi connectivity index (χ0n) is 20.9. The SMILES string of the molecule is C[C@@H](Nc1c(C#N)cnc2cc(OC3CCOC3)c(NC(=O)C=C3CCNCC3)cc12)c1ccccc1. The van der Waals surface area contributed by atoms with E-state index in [1.807, 2.05) is 49.4 Å². The number of hydrogen-bond acceptors (Lipinski definition) is 7. The summed E-state index contributed by atoms with van der Waals surface area (Å²) in [5, 5.41) is 20.4. The molecule has 2 aliphatic rings. The molecule has 2 aromatic carbocycles. The fourth-order valence-corrected chi connectivity index (χ4v) is 4.73. The monoisotopic (exact) mass is 497 g/mol. The largest absolute Gasteiger partial charge is 0.486 e. The molecule has 37 heavy (non-hydrogen) atoms. The third-order valence-electron chi connectivity index (χ3n) is 6.77. The lowest BCUT2D eigenvalue weighted by Crippen LogP contribution is -2.24. The summed E-state index contributed by atoms with van der Waals surface area (Å²) in [5.41, 5.74) is 4.54. The molecule has 1 aromatic heterocycles. The molecule has 3 aromatic rings. The van der Waals surface area contributed by atoms with Crippen LogP contribution >= 0.6 is 0 Å². The maximum Gasteiger partial charge on any atom is 0.248 e. The van der Waals surface area contributed by atoms with Gasteiger partial charge in [0.15, 0.2) is 0 Å². The fourth-order valence-electron chi connectivity index (χ4n) is 4.73. The zero-order valence-corrected chi connectivity index (χ0v) is 20.9. The molecule has 2 atom stereocenters. The first-order valence-electron chi connectivity index (χ1n) is 12.7. The van der Waals surface area contributed by atoms with E-state index >= 15 is 0 Å². The molecule has 1 unspecified atom stereocenters. The second-order valence-corrected chi connectivity index (χ2v) is 9.45. The molecule has 2 aliphatic heterocycles. The van der Waals surface area contributed by atoms with E-state index in [-0.39, 0.29) is 18.1 Å². The van der Waals surface area contributed by atoms with Crippen molar-refractivity contribution in [2.75, 3.05) is 36.9 Å². The van der Waals surface area contributed by atoms with Gasteiger partial charge in [0.25, 0.3) is 0 Å². The molecule has 2 fully saturated rings. The zero-order chi connectivity index (χ0) is 25.6. The van der Waals surface area contributed by atoms with Gasteiger partial charge in [-0.15, -0.1) is 0 Å². The number of fused-ring (bicyclic) bond motifs is 1. The first kappa shape index (κ1) is 24.8. The van der Waals surface area contributed by atoms with Crippen molar-refractivity contribution in [3.8, 4) is 11.8 Å². The number of carbonyl (C=O) groups excluding carboxylic acids is 1. The van der Waals surface area contributed by atoms with Crippen molar-refractivity contribution in [2.45, 2.75) is 38.3 Å². The molecule has 5 rings (SSSR count). The van der Waals surface area contributed by atoms with Crippen LogP contribution in [0.2, 0.25) is 0 Å². The number of nitrogens with one attached hydrogen (secondary N) is 3. The van der Waals surface area contributed by atoms with Gasteiger partial charge in [-0.05, 0) is 44.5 Å². The smallest absolute Gasteiger partial charge is 0.248 e. The molecule has 8 nitrogen and oxygen atoms in total. The molecule has 0 saturated carbocycles. The summed E-state index contributed by atoms with van der Waals surface area (Å²) in [4.78, 5) is 17.5. The van der Waals surface area contributed by atoms with E-state index in [1.54, 1.807) is 12.3 Å². The third-order valence-corrected chi connectivity index (χ3v) is 6.77. The maximum atomic E-state index is 13.0. The second kappa shape index (κ2) is 11.4. The predicted molar refractivity (Wildman–Crippen MR) is 144 cm³/mol. The van der Waals surface area contributed by atoms with Gasteiger partial charge >= 0.3 is 0 Å². The number of piperidine rings is 1. The average Bonchev–Trinajstić information content (AvgIpc) is 3.43. The Labute approximate surface area is 216 Å². The van der Waals surface area contributed by atoms with Crippen molar-refractivity contribution >= 4 is 28.2 Å². The van der Waals surface area contributed by atoms with Gasteiger partial charge in [0.2, 0.25) is 5.91 Å². The molecule has 3 N–H and O–H groups in total. The highest BCUT2D eigenvalue weighted by Gasteiger charge is 2.22. The number of nitriles is 1. The quantitative estimate of drug-likeness (QED) is 0.406. The number of anilines is 2. The lowest BCUT2D eigenvalue weighted by molar-refractivity contribution is -0.112. The van der Waals surface area contributed by atoms with Gasteiger partial charge < -0.3 is 25.4 Å². The van der Waals surface area contributed by atoms with Gasteiger partial charge in [0.05, 0.1) is 35.7 Å². The summed E-state index contributed by atoms with van der Waals surface area (Å²) in [6.07, 6.45) is 5.66. The molecule has 0 aliphatic carbocycles. The Morgan fingerprint density at radius 2 is 2.08 bits per heavy atom. The number of benzene rings is 2. The maximum absolute atomic E-state index is 13.0. The number of ether oxygens (including phenoxy) is 2. The van der Waals surface area contributed by atoms with E-state index in [0.717, 1.165) is 48.9 Å². The summed E-state index contributed by atoms with van der Waals surface area (Å²) in [5.74, 6) is 0.347. The van der Waals surface area contributed by atoms with Crippen LogP contribution in [0.15, 0.2) is 60.3 Å². The van der Waals surface area contributed by atoms with Crippen LogP contribution in [0.5, 0.6) is 5.75 Å². The lowest BCUT2D eigenvalue weighted by atomic mass is 10.0. The highest BCUT2D eigenvalue weighted by Crippen LogP contribution is 2.37. The lowest BCUT2D eigenvalue weighted by Gasteiger charge is -2.21. The summed E-state index contributed by atoms with van der Waals surface area (Å²) in [7, 11) is 0. The first-order chi connectivity index (χ1) is 18.1. The van der Waals surface area contributed by atoms with E-state index in [4.69, 9.17) is 9.47 Å². The normalized spacial score (nSPS) is 18.2. The van der Waals surface area contributed by atoms with Crippen molar-refractivity contribution < 1.29 is 14.3 Å². The fraction of sp³-hybridized carbons (Fsp3) is 0.345. The van der Waals surface area contributed by atoms with Crippen molar-refractivity contribution in [3.05, 3.63) is 71.4 Å². The number of nitrogens with zero attached hydrogens (tertiary/aromatic N) is 2. The molecule has 8 heteroatoms. The van der Waals surface area contributed by atoms with E-state index in [2.05, 4.69) is 27.0 Å². The minimum Gasteiger partial charge on any atom is -0.486 e. The predicted octanol–water partition coefficient (Wildman–Crippen LogP) is 4.70. The van der Waals surface area contributed by atoms with Crippen molar-refractivity contribution in [1.82, 2.24) is 10.3 Å². The summed E-state index contributed by atoms with van der Waals surface area (Å²) in [6.45, 7) is 4.96. The van der Waals surface area contributed by atoms with Crippen LogP contribution in [0.25, 0.3) is 10.9 Å². The Morgan fingerprint density at radius 3 is 2.81 bits per heavy atom. The Kier molecular flexibility index (Phi) is 7.64. The van der Waals surface area contributed by atoms with Crippen LogP contribution in [0.1, 0.15) is 43.4 Å². The average molecular weight is 498 g/mol. The highest BCUT2D eigenvalue weighted by atomic mass is 16.5. The van der Waals surface area contributed by atoms with Gasteiger partial charge in [-0.25, -0.2) is 0 Å². The van der Waals surface area contributed by atoms with Gasteiger partial charge in [0, 0.05) is 36.2 Å². The van der Waals surface area contributed by atoms with Crippen LogP contribution in [0, 0.1) is 11.3 Å². The van der Waals surface area contributed by atoms with Crippen molar-refractivity contribution in [2.24, 2.45) is 0 Å². The first-order valence-corrected chi connectivity index (χ1v) is 12.7. The van der Waals surface area contributed by atoms with E-state index < -0.39 is 0 Å². The van der Waals surface area contributed by atoms with Gasteiger partial charge in [-0.2, -0.15) is 5.26 Å². The molecular weight excluding hydrogens is 466 g/mol. The number of amides is 1. The Bertz CT molecular complexity index is 1340. The van der Waals surface area contributed by atoms with E-state index in [1.165, 1.54) is 0 Å². The highest BCUT2D eigenvalue weighted by molar-refractivity contribution is 6.04. The van der Waals surface area contributed by atoms with Crippen LogP contribution in [-0.2, 0) is 9.53 Å². The minimum atomic E-state index is -0.194. The molecule has 2 saturated heterocycles. The van der Waals surface area contributed by atoms with Gasteiger partial charge in [-0.3, -0.25) is 9.78 Å². The van der Waals surface area contributed by atoms with Crippen LogP contribution < -0.4 is 20.7 Å². The number of pyridine rings is 1.